The number of rotatable bonds is 7. The Labute approximate surface area is 149 Å². The Kier molecular flexibility index (Phi) is 8.07. The normalized spacial score (nSPS) is 11.8. The van der Waals surface area contributed by atoms with E-state index in [1.165, 1.54) is 0 Å². The zero-order valence-corrected chi connectivity index (χ0v) is 15.6. The Morgan fingerprint density at radius 2 is 1.64 bits per heavy atom. The van der Waals surface area contributed by atoms with Crippen LogP contribution in [0.4, 0.5) is 10.5 Å². The minimum Gasteiger partial charge on any atom is -0.335 e. The number of hydrogen-bond acceptors (Lipinski definition) is 4. The first-order valence-corrected chi connectivity index (χ1v) is 8.37. The van der Waals surface area contributed by atoms with Gasteiger partial charge in [0.05, 0.1) is 13.1 Å². The van der Waals surface area contributed by atoms with Crippen LogP contribution in [0.1, 0.15) is 31.4 Å². The molecule has 0 saturated carbocycles. The van der Waals surface area contributed by atoms with E-state index < -0.39 is 11.9 Å². The van der Waals surface area contributed by atoms with E-state index in [0.717, 1.165) is 23.2 Å². The first-order valence-electron chi connectivity index (χ1n) is 8.37. The molecule has 0 saturated heterocycles. The van der Waals surface area contributed by atoms with Crippen LogP contribution in [0.5, 0.6) is 0 Å². The van der Waals surface area contributed by atoms with Crippen molar-refractivity contribution in [1.82, 2.24) is 15.5 Å². The molecule has 1 aromatic carbocycles. The van der Waals surface area contributed by atoms with Crippen molar-refractivity contribution in [2.24, 2.45) is 0 Å². The van der Waals surface area contributed by atoms with Crippen LogP contribution in [-0.4, -0.2) is 48.9 Å². The summed E-state index contributed by atoms with van der Waals surface area (Å²) >= 11 is 0. The van der Waals surface area contributed by atoms with Gasteiger partial charge in [-0.2, -0.15) is 0 Å². The van der Waals surface area contributed by atoms with Crippen molar-refractivity contribution in [2.45, 2.75) is 40.2 Å². The second kappa shape index (κ2) is 9.78. The van der Waals surface area contributed by atoms with Gasteiger partial charge in [0, 0.05) is 11.7 Å². The number of urea groups is 1. The number of aryl methyl sites for hydroxylation is 2. The summed E-state index contributed by atoms with van der Waals surface area (Å²) < 4.78 is 0. The lowest BCUT2D eigenvalue weighted by Crippen LogP contribution is -2.47. The van der Waals surface area contributed by atoms with Crippen LogP contribution >= 0.6 is 0 Å². The van der Waals surface area contributed by atoms with Crippen molar-refractivity contribution >= 4 is 23.5 Å². The van der Waals surface area contributed by atoms with Crippen molar-refractivity contribution in [2.75, 3.05) is 25.5 Å². The molecule has 7 heteroatoms. The van der Waals surface area contributed by atoms with Gasteiger partial charge in [0.1, 0.15) is 0 Å². The van der Waals surface area contributed by atoms with Crippen LogP contribution < -0.4 is 16.0 Å². The number of carbonyl (C=O) groups is 3. The molecule has 0 bridgehead atoms. The molecule has 1 aromatic rings. The van der Waals surface area contributed by atoms with Crippen molar-refractivity contribution in [3.63, 3.8) is 0 Å². The number of anilines is 1. The summed E-state index contributed by atoms with van der Waals surface area (Å²) in [4.78, 5) is 37.1. The SMILES string of the molecule is CC[C@@H](C)NC(=O)NC(=O)CN(C)CC(=O)Nc1c(C)cccc1C. The maximum Gasteiger partial charge on any atom is 0.321 e. The van der Waals surface area contributed by atoms with Gasteiger partial charge in [-0.1, -0.05) is 25.1 Å². The van der Waals surface area contributed by atoms with Crippen LogP contribution in [0.15, 0.2) is 18.2 Å². The predicted octanol–water partition coefficient (Wildman–Crippen LogP) is 1.80. The number of nitrogens with zero attached hydrogens (tertiary/aromatic N) is 1. The van der Waals surface area contributed by atoms with Gasteiger partial charge >= 0.3 is 6.03 Å². The Morgan fingerprint density at radius 3 is 2.20 bits per heavy atom. The van der Waals surface area contributed by atoms with E-state index in [0.29, 0.717) is 0 Å². The molecule has 138 valence electrons. The molecule has 0 aromatic heterocycles. The highest BCUT2D eigenvalue weighted by atomic mass is 16.2. The molecule has 0 heterocycles. The standard InChI is InChI=1S/C18H28N4O3/c1-6-14(4)19-18(25)21-16(24)11-22(5)10-15(23)20-17-12(2)8-7-9-13(17)3/h7-9,14H,6,10-11H2,1-5H3,(H,20,23)(H2,19,21,24,25)/t14-/m1/s1. The van der Waals surface area contributed by atoms with E-state index in [2.05, 4.69) is 16.0 Å². The Morgan fingerprint density at radius 1 is 1.08 bits per heavy atom. The predicted molar refractivity (Wildman–Crippen MR) is 98.5 cm³/mol. The molecule has 0 radical (unpaired) electrons. The molecule has 0 aliphatic heterocycles. The fourth-order valence-electron chi connectivity index (χ4n) is 2.26. The molecule has 25 heavy (non-hydrogen) atoms. The molecule has 0 aliphatic carbocycles. The Hall–Kier alpha value is -2.41. The van der Waals surface area contributed by atoms with Crippen LogP contribution in [0.25, 0.3) is 0 Å². The molecular weight excluding hydrogens is 320 g/mol. The quantitative estimate of drug-likeness (QED) is 0.701. The Balaban J connectivity index is 2.45. The fraction of sp³-hybridized carbons (Fsp3) is 0.500. The van der Waals surface area contributed by atoms with Gasteiger partial charge in [-0.15, -0.1) is 0 Å². The van der Waals surface area contributed by atoms with Gasteiger partial charge in [-0.3, -0.25) is 19.8 Å². The van der Waals surface area contributed by atoms with Gasteiger partial charge in [-0.05, 0) is 45.4 Å². The molecule has 1 atom stereocenters. The highest BCUT2D eigenvalue weighted by Crippen LogP contribution is 2.19. The van der Waals surface area contributed by atoms with E-state index in [9.17, 15) is 14.4 Å². The lowest BCUT2D eigenvalue weighted by Gasteiger charge is -2.18. The van der Waals surface area contributed by atoms with E-state index in [-0.39, 0.29) is 25.0 Å². The number of likely N-dealkylation sites (N-methyl/N-ethyl adjacent to an activating group) is 1. The van der Waals surface area contributed by atoms with Crippen molar-refractivity contribution in [1.29, 1.82) is 0 Å². The number of imide groups is 1. The number of hydrogen-bond donors (Lipinski definition) is 3. The van der Waals surface area contributed by atoms with Crippen LogP contribution in [0.3, 0.4) is 0 Å². The summed E-state index contributed by atoms with van der Waals surface area (Å²) in [6.45, 7) is 7.65. The average Bonchev–Trinajstić information content (AvgIpc) is 2.50. The number of carbonyl (C=O) groups excluding carboxylic acids is 3. The van der Waals surface area contributed by atoms with Crippen LogP contribution in [0, 0.1) is 13.8 Å². The lowest BCUT2D eigenvalue weighted by molar-refractivity contribution is -0.122. The summed E-state index contributed by atoms with van der Waals surface area (Å²) in [6.07, 6.45) is 0.778. The van der Waals surface area contributed by atoms with Gasteiger partial charge < -0.3 is 10.6 Å². The minimum atomic E-state index is -0.521. The maximum absolute atomic E-state index is 12.2. The molecule has 3 N–H and O–H groups in total. The number of benzene rings is 1. The molecule has 4 amide bonds. The first kappa shape index (κ1) is 20.6. The lowest BCUT2D eigenvalue weighted by atomic mass is 10.1. The van der Waals surface area contributed by atoms with Gasteiger partial charge in [-0.25, -0.2) is 4.79 Å². The monoisotopic (exact) mass is 348 g/mol. The van der Waals surface area contributed by atoms with Crippen LogP contribution in [0.2, 0.25) is 0 Å². The second-order valence-corrected chi connectivity index (χ2v) is 6.32. The molecule has 0 unspecified atom stereocenters. The molecule has 0 fully saturated rings. The summed E-state index contributed by atoms with van der Waals surface area (Å²) in [5.74, 6) is -0.667. The highest BCUT2D eigenvalue weighted by molar-refractivity contribution is 5.96. The van der Waals surface area contributed by atoms with E-state index in [1.807, 2.05) is 45.9 Å². The average molecular weight is 348 g/mol. The van der Waals surface area contributed by atoms with E-state index in [1.54, 1.807) is 11.9 Å². The fourth-order valence-corrected chi connectivity index (χ4v) is 2.26. The molecular formula is C18H28N4O3. The summed E-state index contributed by atoms with van der Waals surface area (Å²) in [5, 5.41) is 7.77. The van der Waals surface area contributed by atoms with Crippen LogP contribution in [-0.2, 0) is 9.59 Å². The summed E-state index contributed by atoms with van der Waals surface area (Å²) in [5.41, 5.74) is 2.75. The summed E-state index contributed by atoms with van der Waals surface area (Å²) in [7, 11) is 1.65. The van der Waals surface area contributed by atoms with E-state index >= 15 is 0 Å². The third kappa shape index (κ3) is 7.34. The third-order valence-electron chi connectivity index (χ3n) is 3.82. The Bertz CT molecular complexity index is 610. The van der Waals surface area contributed by atoms with Crippen molar-refractivity contribution < 1.29 is 14.4 Å². The van der Waals surface area contributed by atoms with Gasteiger partial charge in [0.2, 0.25) is 11.8 Å². The topological polar surface area (TPSA) is 90.5 Å². The van der Waals surface area contributed by atoms with Gasteiger partial charge in [0.25, 0.3) is 0 Å². The first-order chi connectivity index (χ1) is 11.7. The van der Waals surface area contributed by atoms with E-state index in [4.69, 9.17) is 0 Å². The number of nitrogens with one attached hydrogen (secondary N) is 3. The minimum absolute atomic E-state index is 0.00587. The number of para-hydroxylation sites is 1. The van der Waals surface area contributed by atoms with Crippen molar-refractivity contribution in [3.8, 4) is 0 Å². The zero-order chi connectivity index (χ0) is 19.0. The maximum atomic E-state index is 12.2. The molecule has 0 spiro atoms. The summed E-state index contributed by atoms with van der Waals surface area (Å²) in [6, 6.07) is 5.26. The smallest absolute Gasteiger partial charge is 0.321 e. The van der Waals surface area contributed by atoms with Crippen molar-refractivity contribution in [3.05, 3.63) is 29.3 Å². The largest absolute Gasteiger partial charge is 0.335 e. The molecule has 1 rings (SSSR count). The number of amides is 4. The highest BCUT2D eigenvalue weighted by Gasteiger charge is 2.15. The molecule has 7 nitrogen and oxygen atoms in total. The molecule has 0 aliphatic rings. The third-order valence-corrected chi connectivity index (χ3v) is 3.82. The van der Waals surface area contributed by atoms with Gasteiger partial charge in [0.15, 0.2) is 0 Å². The second-order valence-electron chi connectivity index (χ2n) is 6.32. The zero-order valence-electron chi connectivity index (χ0n) is 15.6.